The van der Waals surface area contributed by atoms with Gasteiger partial charge < -0.3 is 20.5 Å². The fourth-order valence-corrected chi connectivity index (χ4v) is 2.05. The van der Waals surface area contributed by atoms with Gasteiger partial charge >= 0.3 is 5.97 Å². The maximum absolute atomic E-state index is 11.7. The minimum atomic E-state index is -1.01. The molecule has 0 aliphatic carbocycles. The van der Waals surface area contributed by atoms with Gasteiger partial charge in [0.05, 0.1) is 25.8 Å². The van der Waals surface area contributed by atoms with Gasteiger partial charge in [-0.2, -0.15) is 0 Å². The van der Waals surface area contributed by atoms with Crippen molar-refractivity contribution in [1.29, 1.82) is 0 Å². The summed E-state index contributed by atoms with van der Waals surface area (Å²) >= 11 is 0. The third-order valence-electron chi connectivity index (χ3n) is 3.19. The van der Waals surface area contributed by atoms with E-state index in [9.17, 15) is 14.4 Å². The van der Waals surface area contributed by atoms with E-state index in [4.69, 9.17) is 9.84 Å². The summed E-state index contributed by atoms with van der Waals surface area (Å²) in [6.07, 6.45) is 0. The van der Waals surface area contributed by atoms with Gasteiger partial charge in [-0.05, 0) is 12.1 Å². The van der Waals surface area contributed by atoms with Crippen LogP contribution in [0.2, 0.25) is 0 Å². The van der Waals surface area contributed by atoms with E-state index in [-0.39, 0.29) is 25.7 Å². The number of hydrogen-bond donors (Lipinski definition) is 3. The SMILES string of the molecule is O=C(CNC(=O)c1ccccc1)NC1COCC1C(=O)O. The zero-order chi connectivity index (χ0) is 15.2. The van der Waals surface area contributed by atoms with Crippen molar-refractivity contribution in [3.63, 3.8) is 0 Å². The van der Waals surface area contributed by atoms with Crippen molar-refractivity contribution in [2.24, 2.45) is 5.92 Å². The molecule has 1 fully saturated rings. The lowest BCUT2D eigenvalue weighted by Gasteiger charge is -2.15. The largest absolute Gasteiger partial charge is 0.481 e. The molecule has 2 rings (SSSR count). The Kier molecular flexibility index (Phi) is 4.89. The second-order valence-electron chi connectivity index (χ2n) is 4.70. The first-order valence-electron chi connectivity index (χ1n) is 6.51. The highest BCUT2D eigenvalue weighted by molar-refractivity contribution is 5.96. The number of carbonyl (C=O) groups excluding carboxylic acids is 2. The molecule has 1 heterocycles. The molecule has 1 aliphatic rings. The average Bonchev–Trinajstić information content (AvgIpc) is 2.94. The fraction of sp³-hybridized carbons (Fsp3) is 0.357. The van der Waals surface area contributed by atoms with Gasteiger partial charge in [0, 0.05) is 5.56 Å². The van der Waals surface area contributed by atoms with Crippen LogP contribution in [0.4, 0.5) is 0 Å². The molecule has 2 atom stereocenters. The molecule has 112 valence electrons. The van der Waals surface area contributed by atoms with E-state index >= 15 is 0 Å². The Morgan fingerprint density at radius 2 is 1.90 bits per heavy atom. The molecular weight excluding hydrogens is 276 g/mol. The number of rotatable bonds is 5. The van der Waals surface area contributed by atoms with E-state index in [0.29, 0.717) is 5.56 Å². The number of nitrogens with one attached hydrogen (secondary N) is 2. The molecule has 1 aliphatic heterocycles. The van der Waals surface area contributed by atoms with Crippen LogP contribution in [-0.4, -0.2) is 48.7 Å². The summed E-state index contributed by atoms with van der Waals surface area (Å²) in [5.41, 5.74) is 0.456. The highest BCUT2D eigenvalue weighted by Gasteiger charge is 2.34. The quantitative estimate of drug-likeness (QED) is 0.687. The fourth-order valence-electron chi connectivity index (χ4n) is 2.05. The molecule has 2 amide bonds. The van der Waals surface area contributed by atoms with Gasteiger partial charge in [0.25, 0.3) is 5.91 Å². The summed E-state index contributed by atoms with van der Waals surface area (Å²) in [5.74, 6) is -2.56. The van der Waals surface area contributed by atoms with Gasteiger partial charge in [0.1, 0.15) is 5.92 Å². The molecule has 1 aromatic carbocycles. The normalized spacial score (nSPS) is 20.8. The molecular formula is C14H16N2O5. The summed E-state index contributed by atoms with van der Waals surface area (Å²) in [6, 6.07) is 7.95. The molecule has 0 bridgehead atoms. The van der Waals surface area contributed by atoms with Crippen molar-refractivity contribution in [3.05, 3.63) is 35.9 Å². The van der Waals surface area contributed by atoms with Crippen LogP contribution >= 0.6 is 0 Å². The average molecular weight is 292 g/mol. The monoisotopic (exact) mass is 292 g/mol. The topological polar surface area (TPSA) is 105 Å². The first kappa shape index (κ1) is 15.0. The third kappa shape index (κ3) is 4.03. The highest BCUT2D eigenvalue weighted by atomic mass is 16.5. The van der Waals surface area contributed by atoms with Crippen molar-refractivity contribution in [2.45, 2.75) is 6.04 Å². The van der Waals surface area contributed by atoms with Crippen LogP contribution in [-0.2, 0) is 14.3 Å². The summed E-state index contributed by atoms with van der Waals surface area (Å²) in [5, 5.41) is 14.0. The Balaban J connectivity index is 1.80. The maximum atomic E-state index is 11.7. The molecule has 7 nitrogen and oxygen atoms in total. The van der Waals surface area contributed by atoms with E-state index < -0.39 is 23.8 Å². The lowest BCUT2D eigenvalue weighted by atomic mass is 10.0. The predicted molar refractivity (Wildman–Crippen MR) is 72.7 cm³/mol. The second kappa shape index (κ2) is 6.85. The van der Waals surface area contributed by atoms with Crippen LogP contribution in [0.25, 0.3) is 0 Å². The molecule has 1 aromatic rings. The molecule has 2 unspecified atom stereocenters. The van der Waals surface area contributed by atoms with Crippen LogP contribution < -0.4 is 10.6 Å². The van der Waals surface area contributed by atoms with E-state index in [1.807, 2.05) is 0 Å². The zero-order valence-corrected chi connectivity index (χ0v) is 11.2. The van der Waals surface area contributed by atoms with E-state index in [1.165, 1.54) is 0 Å². The standard InChI is InChI=1S/C14H16N2O5/c17-12(16-11-8-21-7-10(11)14(19)20)6-15-13(18)9-4-2-1-3-5-9/h1-5,10-11H,6-8H2,(H,15,18)(H,16,17)(H,19,20). The van der Waals surface area contributed by atoms with Crippen LogP contribution in [0.3, 0.4) is 0 Å². The minimum Gasteiger partial charge on any atom is -0.481 e. The van der Waals surface area contributed by atoms with Crippen molar-refractivity contribution in [1.82, 2.24) is 10.6 Å². The number of ether oxygens (including phenoxy) is 1. The molecule has 21 heavy (non-hydrogen) atoms. The number of carbonyl (C=O) groups is 3. The smallest absolute Gasteiger partial charge is 0.311 e. The molecule has 3 N–H and O–H groups in total. The highest BCUT2D eigenvalue weighted by Crippen LogP contribution is 2.13. The zero-order valence-electron chi connectivity index (χ0n) is 11.2. The van der Waals surface area contributed by atoms with Crippen LogP contribution in [0, 0.1) is 5.92 Å². The number of amides is 2. The molecule has 7 heteroatoms. The number of aliphatic carboxylic acids is 1. The molecule has 0 saturated carbocycles. The van der Waals surface area contributed by atoms with Gasteiger partial charge in [-0.15, -0.1) is 0 Å². The minimum absolute atomic E-state index is 0.0800. The molecule has 0 spiro atoms. The van der Waals surface area contributed by atoms with Gasteiger partial charge in [0.15, 0.2) is 0 Å². The van der Waals surface area contributed by atoms with E-state index in [2.05, 4.69) is 10.6 Å². The van der Waals surface area contributed by atoms with E-state index in [1.54, 1.807) is 30.3 Å². The van der Waals surface area contributed by atoms with Crippen molar-refractivity contribution >= 4 is 17.8 Å². The van der Waals surface area contributed by atoms with Crippen molar-refractivity contribution in [2.75, 3.05) is 19.8 Å². The Labute approximate surface area is 121 Å². The third-order valence-corrected chi connectivity index (χ3v) is 3.19. The number of hydrogen-bond acceptors (Lipinski definition) is 4. The summed E-state index contributed by atoms with van der Waals surface area (Å²) in [7, 11) is 0. The Bertz CT molecular complexity index is 531. The van der Waals surface area contributed by atoms with Gasteiger partial charge in [-0.3, -0.25) is 14.4 Å². The van der Waals surface area contributed by atoms with E-state index in [0.717, 1.165) is 0 Å². The summed E-state index contributed by atoms with van der Waals surface area (Å²) in [6.45, 7) is 0.0303. The van der Waals surface area contributed by atoms with Gasteiger partial charge in [0.2, 0.25) is 5.91 Å². The number of carboxylic acids is 1. The second-order valence-corrected chi connectivity index (χ2v) is 4.70. The first-order chi connectivity index (χ1) is 10.1. The van der Waals surface area contributed by atoms with Crippen LogP contribution in [0.1, 0.15) is 10.4 Å². The van der Waals surface area contributed by atoms with Crippen molar-refractivity contribution < 1.29 is 24.2 Å². The predicted octanol–water partition coefficient (Wildman–Crippen LogP) is -0.368. The Morgan fingerprint density at radius 3 is 2.57 bits per heavy atom. The Morgan fingerprint density at radius 1 is 1.19 bits per heavy atom. The summed E-state index contributed by atoms with van der Waals surface area (Å²) < 4.78 is 5.04. The van der Waals surface area contributed by atoms with Crippen molar-refractivity contribution in [3.8, 4) is 0 Å². The van der Waals surface area contributed by atoms with Crippen LogP contribution in [0.15, 0.2) is 30.3 Å². The maximum Gasteiger partial charge on any atom is 0.311 e. The Hall–Kier alpha value is -2.41. The lowest BCUT2D eigenvalue weighted by Crippen LogP contribution is -2.46. The van der Waals surface area contributed by atoms with Crippen LogP contribution in [0.5, 0.6) is 0 Å². The number of benzene rings is 1. The number of carboxylic acid groups (broad SMARTS) is 1. The summed E-state index contributed by atoms with van der Waals surface area (Å²) in [4.78, 5) is 34.4. The van der Waals surface area contributed by atoms with Gasteiger partial charge in [-0.25, -0.2) is 0 Å². The molecule has 0 aromatic heterocycles. The molecule has 1 saturated heterocycles. The lowest BCUT2D eigenvalue weighted by molar-refractivity contribution is -0.142. The first-order valence-corrected chi connectivity index (χ1v) is 6.51. The van der Waals surface area contributed by atoms with Gasteiger partial charge in [-0.1, -0.05) is 18.2 Å². The molecule has 0 radical (unpaired) electrons.